The minimum atomic E-state index is -3.66. The van der Waals surface area contributed by atoms with E-state index in [1.165, 1.54) is 10.4 Å². The molecule has 1 aliphatic heterocycles. The normalized spacial score (nSPS) is 21.0. The smallest absolute Gasteiger partial charge is 0.243 e. The van der Waals surface area contributed by atoms with Crippen molar-refractivity contribution in [2.75, 3.05) is 24.6 Å². The highest BCUT2D eigenvalue weighted by atomic mass is 32.2. The molecule has 0 radical (unpaired) electrons. The molecule has 8 heteroatoms. The van der Waals surface area contributed by atoms with Gasteiger partial charge in [0.1, 0.15) is 0 Å². The van der Waals surface area contributed by atoms with Gasteiger partial charge in [0.15, 0.2) is 9.84 Å². The number of hydrogen-bond acceptors (Lipinski definition) is 5. The molecule has 0 spiro atoms. The first kappa shape index (κ1) is 16.4. The van der Waals surface area contributed by atoms with Gasteiger partial charge in [-0.25, -0.2) is 16.8 Å². The third-order valence-corrected chi connectivity index (χ3v) is 7.17. The van der Waals surface area contributed by atoms with Crippen LogP contribution < -0.4 is 5.73 Å². The van der Waals surface area contributed by atoms with E-state index < -0.39 is 19.9 Å². The van der Waals surface area contributed by atoms with Gasteiger partial charge in [-0.1, -0.05) is 19.1 Å². The van der Waals surface area contributed by atoms with Gasteiger partial charge in [-0.3, -0.25) is 0 Å². The molecule has 2 N–H and O–H groups in total. The highest BCUT2D eigenvalue weighted by molar-refractivity contribution is 7.92. The molecule has 1 fully saturated rings. The van der Waals surface area contributed by atoms with E-state index in [0.29, 0.717) is 6.42 Å². The van der Waals surface area contributed by atoms with Crippen LogP contribution >= 0.6 is 0 Å². The SMILES string of the molecule is CCC(N)c1cccc(S(=O)(=O)N2CCS(=O)(=O)CC2)c1. The summed E-state index contributed by atoms with van der Waals surface area (Å²) in [7, 11) is -6.77. The molecule has 1 unspecified atom stereocenters. The summed E-state index contributed by atoms with van der Waals surface area (Å²) in [5, 5.41) is 0. The van der Waals surface area contributed by atoms with Gasteiger partial charge in [0.25, 0.3) is 0 Å². The minimum Gasteiger partial charge on any atom is -0.324 e. The van der Waals surface area contributed by atoms with Crippen LogP contribution in [0.1, 0.15) is 24.9 Å². The van der Waals surface area contributed by atoms with Crippen molar-refractivity contribution in [2.24, 2.45) is 5.73 Å². The number of sulfone groups is 1. The molecule has 0 aliphatic carbocycles. The van der Waals surface area contributed by atoms with Crippen molar-refractivity contribution < 1.29 is 16.8 Å². The summed E-state index contributed by atoms with van der Waals surface area (Å²) in [5.41, 5.74) is 6.70. The van der Waals surface area contributed by atoms with Crippen LogP contribution in [0, 0.1) is 0 Å². The summed E-state index contributed by atoms with van der Waals surface area (Å²) in [6, 6.07) is 6.35. The second-order valence-electron chi connectivity index (χ2n) is 5.14. The Morgan fingerprint density at radius 3 is 2.48 bits per heavy atom. The Kier molecular flexibility index (Phi) is 4.72. The van der Waals surface area contributed by atoms with E-state index in [4.69, 9.17) is 5.73 Å². The second-order valence-corrected chi connectivity index (χ2v) is 9.38. The molecule has 0 aromatic heterocycles. The third kappa shape index (κ3) is 3.63. The second kappa shape index (κ2) is 6.04. The zero-order valence-corrected chi connectivity index (χ0v) is 13.5. The molecule has 0 bridgehead atoms. The predicted molar refractivity (Wildman–Crippen MR) is 81.1 cm³/mol. The Hall–Kier alpha value is -0.960. The fraction of sp³-hybridized carbons (Fsp3) is 0.538. The lowest BCUT2D eigenvalue weighted by molar-refractivity contribution is 0.430. The van der Waals surface area contributed by atoms with E-state index >= 15 is 0 Å². The highest BCUT2D eigenvalue weighted by Gasteiger charge is 2.31. The van der Waals surface area contributed by atoms with Crippen molar-refractivity contribution >= 4 is 19.9 Å². The maximum absolute atomic E-state index is 12.6. The monoisotopic (exact) mass is 332 g/mol. The Morgan fingerprint density at radius 2 is 1.90 bits per heavy atom. The Labute approximate surface area is 125 Å². The topological polar surface area (TPSA) is 97.5 Å². The summed E-state index contributed by atoms with van der Waals surface area (Å²) in [5.74, 6) is -0.249. The molecule has 0 saturated carbocycles. The molecule has 1 aromatic rings. The summed E-state index contributed by atoms with van der Waals surface area (Å²) in [6.07, 6.45) is 0.714. The Bertz CT molecular complexity index is 699. The zero-order chi connectivity index (χ0) is 15.7. The van der Waals surface area contributed by atoms with Crippen LogP contribution in [-0.4, -0.2) is 45.7 Å². The number of hydrogen-bond donors (Lipinski definition) is 1. The Morgan fingerprint density at radius 1 is 1.29 bits per heavy atom. The van der Waals surface area contributed by atoms with Gasteiger partial charge in [0, 0.05) is 19.1 Å². The van der Waals surface area contributed by atoms with E-state index in [1.54, 1.807) is 18.2 Å². The first-order valence-electron chi connectivity index (χ1n) is 6.82. The molecule has 1 heterocycles. The van der Waals surface area contributed by atoms with Crippen LogP contribution in [0.15, 0.2) is 29.2 Å². The van der Waals surface area contributed by atoms with Gasteiger partial charge in [-0.2, -0.15) is 4.31 Å². The van der Waals surface area contributed by atoms with Crippen LogP contribution in [0.2, 0.25) is 0 Å². The van der Waals surface area contributed by atoms with Gasteiger partial charge in [0.2, 0.25) is 10.0 Å². The third-order valence-electron chi connectivity index (χ3n) is 3.67. The number of nitrogens with zero attached hydrogens (tertiary/aromatic N) is 1. The average molecular weight is 332 g/mol. The van der Waals surface area contributed by atoms with Crippen molar-refractivity contribution in [3.63, 3.8) is 0 Å². The van der Waals surface area contributed by atoms with Crippen molar-refractivity contribution in [3.8, 4) is 0 Å². The summed E-state index contributed by atoms with van der Waals surface area (Å²) < 4.78 is 49.1. The van der Waals surface area contributed by atoms with Crippen LogP contribution in [0.4, 0.5) is 0 Å². The fourth-order valence-electron chi connectivity index (χ4n) is 2.23. The van der Waals surface area contributed by atoms with Crippen LogP contribution in [0.3, 0.4) is 0 Å². The zero-order valence-electron chi connectivity index (χ0n) is 11.9. The lowest BCUT2D eigenvalue weighted by Crippen LogP contribution is -2.43. The largest absolute Gasteiger partial charge is 0.324 e. The van der Waals surface area contributed by atoms with Crippen molar-refractivity contribution in [2.45, 2.75) is 24.3 Å². The summed E-state index contributed by atoms with van der Waals surface area (Å²) in [4.78, 5) is 0.170. The van der Waals surface area contributed by atoms with Crippen molar-refractivity contribution in [1.82, 2.24) is 4.31 Å². The van der Waals surface area contributed by atoms with Crippen molar-refractivity contribution in [1.29, 1.82) is 0 Å². The maximum Gasteiger partial charge on any atom is 0.243 e. The Balaban J connectivity index is 2.28. The van der Waals surface area contributed by atoms with E-state index in [-0.39, 0.29) is 35.5 Å². The van der Waals surface area contributed by atoms with Crippen molar-refractivity contribution in [3.05, 3.63) is 29.8 Å². The molecule has 1 aromatic carbocycles. The van der Waals surface area contributed by atoms with Gasteiger partial charge < -0.3 is 5.73 Å². The van der Waals surface area contributed by atoms with Gasteiger partial charge >= 0.3 is 0 Å². The highest BCUT2D eigenvalue weighted by Crippen LogP contribution is 2.22. The summed E-state index contributed by atoms with van der Waals surface area (Å²) in [6.45, 7) is 1.95. The first-order chi connectivity index (χ1) is 9.76. The predicted octanol–water partition coefficient (Wildman–Crippen LogP) is 0.516. The molecule has 21 heavy (non-hydrogen) atoms. The fourth-order valence-corrected chi connectivity index (χ4v) is 5.16. The molecule has 1 atom stereocenters. The molecule has 2 rings (SSSR count). The van der Waals surface area contributed by atoms with Gasteiger partial charge in [-0.05, 0) is 24.1 Å². The first-order valence-corrected chi connectivity index (χ1v) is 10.1. The minimum absolute atomic E-state index is 0.00866. The van der Waals surface area contributed by atoms with E-state index in [1.807, 2.05) is 6.92 Å². The van der Waals surface area contributed by atoms with Crippen LogP contribution in [0.25, 0.3) is 0 Å². The maximum atomic E-state index is 12.6. The average Bonchev–Trinajstić information content (AvgIpc) is 2.46. The van der Waals surface area contributed by atoms with E-state index in [9.17, 15) is 16.8 Å². The quantitative estimate of drug-likeness (QED) is 0.866. The van der Waals surface area contributed by atoms with E-state index in [0.717, 1.165) is 5.56 Å². The molecule has 1 aliphatic rings. The molecule has 118 valence electrons. The lowest BCUT2D eigenvalue weighted by Gasteiger charge is -2.26. The standard InChI is InChI=1S/C13H20N2O4S2/c1-2-13(14)11-4-3-5-12(10-11)21(18,19)15-6-8-20(16,17)9-7-15/h3-5,10,13H,2,6-9,14H2,1H3. The van der Waals surface area contributed by atoms with Gasteiger partial charge in [0.05, 0.1) is 16.4 Å². The lowest BCUT2D eigenvalue weighted by atomic mass is 10.1. The molecular formula is C13H20N2O4S2. The number of rotatable bonds is 4. The molecular weight excluding hydrogens is 312 g/mol. The van der Waals surface area contributed by atoms with Crippen LogP contribution in [-0.2, 0) is 19.9 Å². The summed E-state index contributed by atoms with van der Waals surface area (Å²) >= 11 is 0. The van der Waals surface area contributed by atoms with Gasteiger partial charge in [-0.15, -0.1) is 0 Å². The van der Waals surface area contributed by atoms with Crippen LogP contribution in [0.5, 0.6) is 0 Å². The number of benzene rings is 1. The molecule has 1 saturated heterocycles. The molecule has 0 amide bonds. The number of nitrogens with two attached hydrogens (primary N) is 1. The van der Waals surface area contributed by atoms with E-state index in [2.05, 4.69) is 0 Å². The molecule has 6 nitrogen and oxygen atoms in total. The number of sulfonamides is 1.